The SMILES string of the molecule is Cc1c(C(=O)C2CCN(C(=O)C3CCCN3)CC2)c2ccncc2n1/C=C/C=C(F)\C=C\C(=O)N(C(C)C)C(C)C. The Morgan fingerprint density at radius 1 is 1.10 bits per heavy atom. The van der Waals surface area contributed by atoms with Crippen molar-refractivity contribution in [1.82, 2.24) is 24.7 Å². The number of rotatable bonds is 9. The van der Waals surface area contributed by atoms with E-state index in [4.69, 9.17) is 0 Å². The Kier molecular flexibility index (Phi) is 9.91. The normalized spacial score (nSPS) is 19.0. The molecule has 4 heterocycles. The van der Waals surface area contributed by atoms with Gasteiger partial charge in [0, 0.05) is 66.2 Å². The molecule has 220 valence electrons. The van der Waals surface area contributed by atoms with Gasteiger partial charge in [-0.2, -0.15) is 0 Å². The summed E-state index contributed by atoms with van der Waals surface area (Å²) in [6, 6.07) is 1.77. The minimum atomic E-state index is -0.556. The van der Waals surface area contributed by atoms with Crippen molar-refractivity contribution >= 4 is 34.7 Å². The molecular formula is C32H42FN5O3. The quantitative estimate of drug-likeness (QED) is 0.262. The van der Waals surface area contributed by atoms with E-state index in [9.17, 15) is 18.8 Å². The molecule has 2 aromatic rings. The molecule has 0 aliphatic carbocycles. The van der Waals surface area contributed by atoms with Gasteiger partial charge in [-0.3, -0.25) is 19.4 Å². The van der Waals surface area contributed by atoms with Gasteiger partial charge in [0.25, 0.3) is 0 Å². The number of nitrogens with one attached hydrogen (secondary N) is 1. The van der Waals surface area contributed by atoms with Crippen molar-refractivity contribution in [2.45, 2.75) is 78.4 Å². The van der Waals surface area contributed by atoms with E-state index in [0.29, 0.717) is 31.5 Å². The molecule has 2 aromatic heterocycles. The number of likely N-dealkylation sites (tertiary alicyclic amines) is 1. The minimum Gasteiger partial charge on any atom is -0.341 e. The number of pyridine rings is 1. The fraction of sp³-hybridized carbons (Fsp3) is 0.500. The summed E-state index contributed by atoms with van der Waals surface area (Å²) in [6.45, 7) is 11.6. The molecule has 2 fully saturated rings. The van der Waals surface area contributed by atoms with E-state index in [-0.39, 0.29) is 41.6 Å². The van der Waals surface area contributed by atoms with Gasteiger partial charge in [-0.1, -0.05) is 0 Å². The van der Waals surface area contributed by atoms with Crippen LogP contribution in [0.15, 0.2) is 48.6 Å². The Hall–Kier alpha value is -3.59. The van der Waals surface area contributed by atoms with E-state index in [0.717, 1.165) is 36.0 Å². The van der Waals surface area contributed by atoms with Crippen LogP contribution in [0.5, 0.6) is 0 Å². The van der Waals surface area contributed by atoms with Crippen molar-refractivity contribution in [3.8, 4) is 0 Å². The van der Waals surface area contributed by atoms with Crippen LogP contribution in [0.4, 0.5) is 4.39 Å². The molecule has 8 nitrogen and oxygen atoms in total. The second-order valence-corrected chi connectivity index (χ2v) is 11.5. The van der Waals surface area contributed by atoms with Crippen LogP contribution in [0.1, 0.15) is 69.4 Å². The van der Waals surface area contributed by atoms with Crippen LogP contribution in [0.2, 0.25) is 0 Å². The zero-order valence-corrected chi connectivity index (χ0v) is 24.8. The smallest absolute Gasteiger partial charge is 0.247 e. The molecule has 2 amide bonds. The van der Waals surface area contributed by atoms with Gasteiger partial charge in [0.15, 0.2) is 5.78 Å². The van der Waals surface area contributed by atoms with Crippen molar-refractivity contribution in [1.29, 1.82) is 0 Å². The molecule has 2 saturated heterocycles. The third-order valence-corrected chi connectivity index (χ3v) is 8.08. The molecule has 0 spiro atoms. The molecule has 1 N–H and O–H groups in total. The summed E-state index contributed by atoms with van der Waals surface area (Å²) in [4.78, 5) is 46.9. The summed E-state index contributed by atoms with van der Waals surface area (Å²) >= 11 is 0. The summed E-state index contributed by atoms with van der Waals surface area (Å²) in [7, 11) is 0. The zero-order chi connectivity index (χ0) is 29.7. The molecule has 0 saturated carbocycles. The summed E-state index contributed by atoms with van der Waals surface area (Å²) in [5.41, 5.74) is 2.16. The van der Waals surface area contributed by atoms with Crippen molar-refractivity contribution in [2.75, 3.05) is 19.6 Å². The number of ketones is 1. The van der Waals surface area contributed by atoms with Crippen molar-refractivity contribution in [2.24, 2.45) is 5.92 Å². The maximum atomic E-state index is 14.6. The number of Topliss-reactive ketones (excluding diaryl/α,β-unsaturated/α-hetero) is 1. The third kappa shape index (κ3) is 6.84. The van der Waals surface area contributed by atoms with Crippen LogP contribution in [-0.2, 0) is 9.59 Å². The number of hydrogen-bond acceptors (Lipinski definition) is 5. The van der Waals surface area contributed by atoms with Gasteiger partial charge in [0.1, 0.15) is 5.83 Å². The first-order chi connectivity index (χ1) is 19.6. The van der Waals surface area contributed by atoms with Gasteiger partial charge >= 0.3 is 0 Å². The number of carbonyl (C=O) groups excluding carboxylic acids is 3. The fourth-order valence-corrected chi connectivity index (χ4v) is 6.09. The molecule has 1 atom stereocenters. The predicted molar refractivity (Wildman–Crippen MR) is 160 cm³/mol. The van der Waals surface area contributed by atoms with E-state index in [1.54, 1.807) is 29.6 Å². The highest BCUT2D eigenvalue weighted by Gasteiger charge is 2.33. The minimum absolute atomic E-state index is 0.0128. The summed E-state index contributed by atoms with van der Waals surface area (Å²) in [5.74, 6) is -0.745. The van der Waals surface area contributed by atoms with E-state index in [1.165, 1.54) is 18.2 Å². The van der Waals surface area contributed by atoms with Crippen molar-refractivity contribution < 1.29 is 18.8 Å². The molecule has 1 unspecified atom stereocenters. The summed E-state index contributed by atoms with van der Waals surface area (Å²) in [6.07, 6.45) is 13.5. The highest BCUT2D eigenvalue weighted by Crippen LogP contribution is 2.31. The van der Waals surface area contributed by atoms with Gasteiger partial charge in [-0.15, -0.1) is 0 Å². The fourth-order valence-electron chi connectivity index (χ4n) is 6.09. The molecule has 0 bridgehead atoms. The summed E-state index contributed by atoms with van der Waals surface area (Å²) < 4.78 is 16.4. The van der Waals surface area contributed by atoms with E-state index < -0.39 is 5.83 Å². The van der Waals surface area contributed by atoms with Crippen LogP contribution in [0.25, 0.3) is 17.1 Å². The van der Waals surface area contributed by atoms with Gasteiger partial charge in [-0.05, 0) is 91.1 Å². The number of amides is 2. The second-order valence-electron chi connectivity index (χ2n) is 11.5. The Balaban J connectivity index is 1.48. The molecule has 0 aromatic carbocycles. The maximum absolute atomic E-state index is 14.6. The van der Waals surface area contributed by atoms with Crippen molar-refractivity contribution in [3.63, 3.8) is 0 Å². The van der Waals surface area contributed by atoms with E-state index in [1.807, 2.05) is 50.2 Å². The summed E-state index contributed by atoms with van der Waals surface area (Å²) in [5, 5.41) is 4.07. The van der Waals surface area contributed by atoms with Gasteiger partial charge in [0.2, 0.25) is 11.8 Å². The second kappa shape index (κ2) is 13.4. The van der Waals surface area contributed by atoms with Crippen LogP contribution in [0, 0.1) is 12.8 Å². The first-order valence-electron chi connectivity index (χ1n) is 14.6. The Labute approximate surface area is 242 Å². The van der Waals surface area contributed by atoms with E-state index >= 15 is 0 Å². The zero-order valence-electron chi connectivity index (χ0n) is 24.8. The Bertz CT molecular complexity index is 1350. The van der Waals surface area contributed by atoms with Crippen LogP contribution < -0.4 is 5.32 Å². The number of piperidine rings is 1. The lowest BCUT2D eigenvalue weighted by Crippen LogP contribution is -2.47. The largest absolute Gasteiger partial charge is 0.341 e. The molecule has 9 heteroatoms. The number of halogens is 1. The standard InChI is InChI=1S/C32H42FN5O3/c1-21(2)38(22(3)4)29(39)11-10-25(33)8-7-17-37-23(5)30(26-12-16-34-20-28(26)37)31(40)24-13-18-36(19-14-24)32(41)27-9-6-15-35-27/h7-8,10-12,16-17,20-22,24,27,35H,6,9,13-15,18-19H2,1-5H3/b11-10+,17-7+,25-8+. The molecule has 2 aliphatic rings. The topological polar surface area (TPSA) is 87.5 Å². The van der Waals surface area contributed by atoms with Crippen LogP contribution in [-0.4, -0.2) is 74.7 Å². The number of allylic oxidation sites excluding steroid dienone is 4. The number of hydrogen-bond donors (Lipinski definition) is 1. The van der Waals surface area contributed by atoms with Crippen LogP contribution in [0.3, 0.4) is 0 Å². The average molecular weight is 564 g/mol. The highest BCUT2D eigenvalue weighted by atomic mass is 19.1. The highest BCUT2D eigenvalue weighted by molar-refractivity contribution is 6.11. The maximum Gasteiger partial charge on any atom is 0.247 e. The number of nitrogens with zero attached hydrogens (tertiary/aromatic N) is 4. The molecule has 4 rings (SSSR count). The lowest BCUT2D eigenvalue weighted by atomic mass is 9.87. The Morgan fingerprint density at radius 2 is 1.80 bits per heavy atom. The first-order valence-corrected chi connectivity index (χ1v) is 14.6. The lowest BCUT2D eigenvalue weighted by molar-refractivity contribution is -0.134. The first kappa shape index (κ1) is 30.4. The predicted octanol–water partition coefficient (Wildman–Crippen LogP) is 5.04. The van der Waals surface area contributed by atoms with Crippen molar-refractivity contribution in [3.05, 3.63) is 59.8 Å². The van der Waals surface area contributed by atoms with Crippen LogP contribution >= 0.6 is 0 Å². The van der Waals surface area contributed by atoms with Gasteiger partial charge in [-0.25, -0.2) is 4.39 Å². The lowest BCUT2D eigenvalue weighted by Gasteiger charge is -2.33. The molecule has 2 aliphatic heterocycles. The van der Waals surface area contributed by atoms with Gasteiger partial charge < -0.3 is 19.7 Å². The van der Waals surface area contributed by atoms with Gasteiger partial charge in [0.05, 0.1) is 17.8 Å². The number of fused-ring (bicyclic) bond motifs is 1. The molecule has 0 radical (unpaired) electrons. The molecule has 41 heavy (non-hydrogen) atoms. The monoisotopic (exact) mass is 563 g/mol. The Morgan fingerprint density at radius 3 is 2.44 bits per heavy atom. The van der Waals surface area contributed by atoms with E-state index in [2.05, 4.69) is 10.3 Å². The third-order valence-electron chi connectivity index (χ3n) is 8.08. The number of carbonyl (C=O) groups is 3. The average Bonchev–Trinajstić information content (AvgIpc) is 3.58. The molecular weight excluding hydrogens is 521 g/mol. The number of aromatic nitrogens is 2.